The summed E-state index contributed by atoms with van der Waals surface area (Å²) < 4.78 is 18.5. The van der Waals surface area contributed by atoms with E-state index in [4.69, 9.17) is 4.74 Å². The Kier molecular flexibility index (Phi) is 4.65. The van der Waals surface area contributed by atoms with E-state index in [1.807, 2.05) is 36.4 Å². The largest absolute Gasteiger partial charge is 0.497 e. The summed E-state index contributed by atoms with van der Waals surface area (Å²) in [6.45, 7) is 0. The molecular weight excluding hydrogens is 247 g/mol. The molecule has 18 heavy (non-hydrogen) atoms. The van der Waals surface area contributed by atoms with Gasteiger partial charge in [-0.25, -0.2) is 4.39 Å². The van der Waals surface area contributed by atoms with Crippen LogP contribution in [0.5, 0.6) is 5.75 Å². The molecule has 1 nitrogen and oxygen atoms in total. The van der Waals surface area contributed by atoms with Crippen molar-refractivity contribution in [3.8, 4) is 5.75 Å². The minimum absolute atomic E-state index is 0.141. The van der Waals surface area contributed by atoms with Crippen LogP contribution in [0.25, 0.3) is 0 Å². The van der Waals surface area contributed by atoms with Crippen LogP contribution in [-0.4, -0.2) is 12.9 Å². The first-order chi connectivity index (χ1) is 8.79. The molecule has 2 rings (SSSR count). The molecule has 94 valence electrons. The number of halogens is 1. The third kappa shape index (κ3) is 3.50. The SMILES string of the molecule is COc1ccc(CCSc2ccccc2F)cc1. The smallest absolute Gasteiger partial charge is 0.136 e. The Morgan fingerprint density at radius 2 is 1.78 bits per heavy atom. The summed E-state index contributed by atoms with van der Waals surface area (Å²) in [6, 6.07) is 14.9. The van der Waals surface area contributed by atoms with Crippen LogP contribution in [0.3, 0.4) is 0 Å². The minimum atomic E-state index is -0.141. The summed E-state index contributed by atoms with van der Waals surface area (Å²) >= 11 is 1.55. The molecule has 0 unspecified atom stereocenters. The van der Waals surface area contributed by atoms with Crippen LogP contribution >= 0.6 is 11.8 Å². The summed E-state index contributed by atoms with van der Waals surface area (Å²) in [5, 5.41) is 0. The maximum absolute atomic E-state index is 13.4. The highest BCUT2D eigenvalue weighted by atomic mass is 32.2. The van der Waals surface area contributed by atoms with Crippen molar-refractivity contribution >= 4 is 11.8 Å². The summed E-state index contributed by atoms with van der Waals surface area (Å²) in [5.74, 6) is 1.59. The Hall–Kier alpha value is -1.48. The average Bonchev–Trinajstić information content (AvgIpc) is 2.42. The molecule has 0 aliphatic rings. The van der Waals surface area contributed by atoms with Crippen molar-refractivity contribution in [2.24, 2.45) is 0 Å². The highest BCUT2D eigenvalue weighted by molar-refractivity contribution is 7.99. The van der Waals surface area contributed by atoms with E-state index in [1.165, 1.54) is 11.6 Å². The molecule has 0 aliphatic heterocycles. The van der Waals surface area contributed by atoms with Crippen molar-refractivity contribution in [1.82, 2.24) is 0 Å². The average molecular weight is 262 g/mol. The van der Waals surface area contributed by atoms with Gasteiger partial charge in [0.2, 0.25) is 0 Å². The van der Waals surface area contributed by atoms with Gasteiger partial charge >= 0.3 is 0 Å². The van der Waals surface area contributed by atoms with Gasteiger partial charge in [-0.2, -0.15) is 0 Å². The molecule has 0 saturated heterocycles. The van der Waals surface area contributed by atoms with E-state index in [0.717, 1.165) is 17.9 Å². The van der Waals surface area contributed by atoms with Gasteiger partial charge in [0, 0.05) is 10.6 Å². The fourth-order valence-corrected chi connectivity index (χ4v) is 2.57. The third-order valence-electron chi connectivity index (χ3n) is 2.64. The lowest BCUT2D eigenvalue weighted by atomic mass is 10.2. The number of thioether (sulfide) groups is 1. The number of methoxy groups -OCH3 is 1. The molecule has 0 spiro atoms. The second kappa shape index (κ2) is 6.45. The van der Waals surface area contributed by atoms with Crippen molar-refractivity contribution in [1.29, 1.82) is 0 Å². The van der Waals surface area contributed by atoms with Gasteiger partial charge in [-0.3, -0.25) is 0 Å². The summed E-state index contributed by atoms with van der Waals surface area (Å²) in [4.78, 5) is 0.714. The van der Waals surface area contributed by atoms with Crippen LogP contribution in [0.1, 0.15) is 5.56 Å². The van der Waals surface area contributed by atoms with E-state index >= 15 is 0 Å². The molecule has 0 amide bonds. The Morgan fingerprint density at radius 3 is 2.44 bits per heavy atom. The molecule has 0 heterocycles. The number of hydrogen-bond acceptors (Lipinski definition) is 2. The molecule has 0 atom stereocenters. The first-order valence-electron chi connectivity index (χ1n) is 5.80. The van der Waals surface area contributed by atoms with Crippen LogP contribution in [0, 0.1) is 5.82 Å². The zero-order valence-electron chi connectivity index (χ0n) is 10.2. The van der Waals surface area contributed by atoms with Crippen molar-refractivity contribution < 1.29 is 9.13 Å². The Labute approximate surface area is 111 Å². The zero-order valence-corrected chi connectivity index (χ0v) is 11.0. The number of hydrogen-bond donors (Lipinski definition) is 0. The molecule has 2 aromatic rings. The van der Waals surface area contributed by atoms with Gasteiger partial charge in [0.05, 0.1) is 7.11 Å². The highest BCUT2D eigenvalue weighted by Gasteiger charge is 2.01. The van der Waals surface area contributed by atoms with Gasteiger partial charge < -0.3 is 4.74 Å². The van der Waals surface area contributed by atoms with Crippen LogP contribution < -0.4 is 4.74 Å². The maximum Gasteiger partial charge on any atom is 0.136 e. The van der Waals surface area contributed by atoms with Crippen molar-refractivity contribution in [2.75, 3.05) is 12.9 Å². The summed E-state index contributed by atoms with van der Waals surface area (Å²) in [5.41, 5.74) is 1.24. The predicted octanol–water partition coefficient (Wildman–Crippen LogP) is 4.17. The molecule has 0 saturated carbocycles. The van der Waals surface area contributed by atoms with E-state index in [9.17, 15) is 4.39 Å². The molecule has 0 N–H and O–H groups in total. The number of rotatable bonds is 5. The normalized spacial score (nSPS) is 10.3. The summed E-state index contributed by atoms with van der Waals surface area (Å²) in [7, 11) is 1.66. The number of ether oxygens (including phenoxy) is 1. The van der Waals surface area contributed by atoms with Crippen molar-refractivity contribution in [2.45, 2.75) is 11.3 Å². The molecule has 0 radical (unpaired) electrons. The van der Waals surface area contributed by atoms with E-state index in [-0.39, 0.29) is 5.82 Å². The van der Waals surface area contributed by atoms with Crippen LogP contribution in [0.2, 0.25) is 0 Å². The first-order valence-corrected chi connectivity index (χ1v) is 6.78. The predicted molar refractivity (Wildman–Crippen MR) is 73.8 cm³/mol. The summed E-state index contributed by atoms with van der Waals surface area (Å²) in [6.07, 6.45) is 0.920. The van der Waals surface area contributed by atoms with Gasteiger partial charge in [-0.05, 0) is 36.2 Å². The molecular formula is C15H15FOS. The molecule has 0 bridgehead atoms. The molecule has 0 fully saturated rings. The van der Waals surface area contributed by atoms with E-state index in [2.05, 4.69) is 0 Å². The van der Waals surface area contributed by atoms with E-state index in [0.29, 0.717) is 4.90 Å². The Balaban J connectivity index is 1.86. The first kappa shape index (κ1) is 13.0. The van der Waals surface area contributed by atoms with Crippen LogP contribution in [0.4, 0.5) is 4.39 Å². The van der Waals surface area contributed by atoms with Crippen LogP contribution in [0.15, 0.2) is 53.4 Å². The van der Waals surface area contributed by atoms with Gasteiger partial charge in [-0.15, -0.1) is 11.8 Å². The molecule has 0 aliphatic carbocycles. The minimum Gasteiger partial charge on any atom is -0.497 e. The highest BCUT2D eigenvalue weighted by Crippen LogP contribution is 2.22. The lowest BCUT2D eigenvalue weighted by molar-refractivity contribution is 0.414. The molecule has 0 aromatic heterocycles. The monoisotopic (exact) mass is 262 g/mol. The maximum atomic E-state index is 13.4. The number of benzene rings is 2. The van der Waals surface area contributed by atoms with Gasteiger partial charge in [0.1, 0.15) is 11.6 Å². The lowest BCUT2D eigenvalue weighted by Gasteiger charge is -2.04. The van der Waals surface area contributed by atoms with Gasteiger partial charge in [0.25, 0.3) is 0 Å². The Morgan fingerprint density at radius 1 is 1.06 bits per heavy atom. The zero-order chi connectivity index (χ0) is 12.8. The van der Waals surface area contributed by atoms with Gasteiger partial charge in [0.15, 0.2) is 0 Å². The van der Waals surface area contributed by atoms with Crippen LogP contribution in [-0.2, 0) is 6.42 Å². The van der Waals surface area contributed by atoms with Crippen molar-refractivity contribution in [3.63, 3.8) is 0 Å². The molecule has 3 heteroatoms. The third-order valence-corrected chi connectivity index (χ3v) is 3.69. The second-order valence-electron chi connectivity index (χ2n) is 3.88. The standard InChI is InChI=1S/C15H15FOS/c1-17-13-8-6-12(7-9-13)10-11-18-15-5-3-2-4-14(15)16/h2-9H,10-11H2,1H3. The second-order valence-corrected chi connectivity index (χ2v) is 5.01. The van der Waals surface area contributed by atoms with E-state index < -0.39 is 0 Å². The Bertz CT molecular complexity index is 496. The fraction of sp³-hybridized carbons (Fsp3) is 0.200. The van der Waals surface area contributed by atoms with E-state index in [1.54, 1.807) is 24.9 Å². The lowest BCUT2D eigenvalue weighted by Crippen LogP contribution is -1.90. The number of aryl methyl sites for hydroxylation is 1. The fourth-order valence-electron chi connectivity index (χ4n) is 1.63. The molecule has 2 aromatic carbocycles. The van der Waals surface area contributed by atoms with Gasteiger partial charge in [-0.1, -0.05) is 24.3 Å². The quantitative estimate of drug-likeness (QED) is 0.748. The van der Waals surface area contributed by atoms with Crippen molar-refractivity contribution in [3.05, 3.63) is 59.9 Å². The topological polar surface area (TPSA) is 9.23 Å².